The zero-order valence-corrected chi connectivity index (χ0v) is 19.6. The van der Waals surface area contributed by atoms with Gasteiger partial charge in [0.1, 0.15) is 12.4 Å². The lowest BCUT2D eigenvalue weighted by atomic mass is 10.1. The number of halogens is 2. The van der Waals surface area contributed by atoms with Crippen molar-refractivity contribution in [3.63, 3.8) is 0 Å². The van der Waals surface area contributed by atoms with Crippen LogP contribution in [0.4, 0.5) is 5.69 Å². The third kappa shape index (κ3) is 5.29. The van der Waals surface area contributed by atoms with E-state index in [1.165, 1.54) is 12.8 Å². The van der Waals surface area contributed by atoms with E-state index in [4.69, 9.17) is 16.3 Å². The Balaban J connectivity index is 1.57. The van der Waals surface area contributed by atoms with Crippen molar-refractivity contribution < 1.29 is 9.53 Å². The Bertz CT molecular complexity index is 1060. The number of carbonyl (C=O) groups is 1. The SMILES string of the molecule is Cn1ncc(Br)c1-c1cc(NC(=O)c2cccc(Cl)c2)ccc1OCCN1CCCC1. The van der Waals surface area contributed by atoms with Gasteiger partial charge in [0.05, 0.1) is 16.4 Å². The van der Waals surface area contributed by atoms with Crippen LogP contribution in [0.2, 0.25) is 5.02 Å². The summed E-state index contributed by atoms with van der Waals surface area (Å²) in [6.45, 7) is 3.78. The molecule has 1 N–H and O–H groups in total. The average Bonchev–Trinajstić information content (AvgIpc) is 3.38. The minimum Gasteiger partial charge on any atom is -0.492 e. The number of rotatable bonds is 7. The minimum absolute atomic E-state index is 0.222. The summed E-state index contributed by atoms with van der Waals surface area (Å²) >= 11 is 9.60. The van der Waals surface area contributed by atoms with E-state index in [1.807, 2.05) is 25.2 Å². The van der Waals surface area contributed by atoms with Gasteiger partial charge in [0.2, 0.25) is 0 Å². The van der Waals surface area contributed by atoms with Crippen LogP contribution < -0.4 is 10.1 Å². The highest BCUT2D eigenvalue weighted by molar-refractivity contribution is 9.10. The van der Waals surface area contributed by atoms with E-state index in [9.17, 15) is 4.79 Å². The fourth-order valence-corrected chi connectivity index (χ4v) is 4.51. The predicted molar refractivity (Wildman–Crippen MR) is 127 cm³/mol. The summed E-state index contributed by atoms with van der Waals surface area (Å²) in [5, 5.41) is 7.80. The van der Waals surface area contributed by atoms with E-state index in [1.54, 1.807) is 35.1 Å². The first-order valence-electron chi connectivity index (χ1n) is 10.3. The van der Waals surface area contributed by atoms with Crippen LogP contribution in [0.1, 0.15) is 23.2 Å². The molecule has 0 bridgehead atoms. The summed E-state index contributed by atoms with van der Waals surface area (Å²) in [5.41, 5.74) is 2.91. The number of benzene rings is 2. The molecule has 1 fully saturated rings. The molecule has 2 heterocycles. The number of aromatic nitrogens is 2. The molecule has 1 saturated heterocycles. The maximum absolute atomic E-state index is 12.7. The summed E-state index contributed by atoms with van der Waals surface area (Å²) < 4.78 is 8.81. The smallest absolute Gasteiger partial charge is 0.255 e. The van der Waals surface area contributed by atoms with Gasteiger partial charge in [0, 0.05) is 35.4 Å². The maximum Gasteiger partial charge on any atom is 0.255 e. The van der Waals surface area contributed by atoms with Crippen molar-refractivity contribution in [2.45, 2.75) is 12.8 Å². The third-order valence-electron chi connectivity index (χ3n) is 5.34. The number of aryl methyl sites for hydroxylation is 1. The quantitative estimate of drug-likeness (QED) is 0.480. The molecular weight excluding hydrogens is 480 g/mol. The van der Waals surface area contributed by atoms with Crippen molar-refractivity contribution in [1.29, 1.82) is 0 Å². The van der Waals surface area contributed by atoms with Crippen molar-refractivity contribution in [1.82, 2.24) is 14.7 Å². The number of nitrogens with one attached hydrogen (secondary N) is 1. The van der Waals surface area contributed by atoms with Crippen LogP contribution in [-0.4, -0.2) is 46.8 Å². The van der Waals surface area contributed by atoms with Crippen molar-refractivity contribution in [2.75, 3.05) is 31.6 Å². The van der Waals surface area contributed by atoms with Gasteiger partial charge >= 0.3 is 0 Å². The number of anilines is 1. The molecule has 0 saturated carbocycles. The Morgan fingerprint density at radius 2 is 2.03 bits per heavy atom. The van der Waals surface area contributed by atoms with Crippen molar-refractivity contribution in [2.24, 2.45) is 7.05 Å². The minimum atomic E-state index is -0.222. The molecule has 1 aliphatic rings. The molecule has 0 aliphatic carbocycles. The monoisotopic (exact) mass is 502 g/mol. The Labute approximate surface area is 195 Å². The predicted octanol–water partition coefficient (Wildman–Crippen LogP) is 5.23. The Morgan fingerprint density at radius 1 is 1.23 bits per heavy atom. The summed E-state index contributed by atoms with van der Waals surface area (Å²) in [6.07, 6.45) is 4.27. The molecule has 6 nitrogen and oxygen atoms in total. The molecule has 8 heteroatoms. The first-order valence-corrected chi connectivity index (χ1v) is 11.4. The van der Waals surface area contributed by atoms with E-state index in [-0.39, 0.29) is 5.91 Å². The molecule has 31 heavy (non-hydrogen) atoms. The van der Waals surface area contributed by atoms with Gasteiger partial charge in [-0.15, -0.1) is 0 Å². The summed E-state index contributed by atoms with van der Waals surface area (Å²) in [4.78, 5) is 15.1. The number of ether oxygens (including phenoxy) is 1. The number of amides is 1. The Kier molecular flexibility index (Phi) is 6.95. The van der Waals surface area contributed by atoms with E-state index in [0.29, 0.717) is 22.9 Å². The number of likely N-dealkylation sites (tertiary alicyclic amines) is 1. The molecule has 162 valence electrons. The van der Waals surface area contributed by atoms with Gasteiger partial charge in [0.15, 0.2) is 0 Å². The number of hydrogen-bond acceptors (Lipinski definition) is 4. The molecular formula is C23H24BrClN4O2. The van der Waals surface area contributed by atoms with Gasteiger partial charge in [0.25, 0.3) is 5.91 Å². The van der Waals surface area contributed by atoms with E-state index in [2.05, 4.69) is 31.2 Å². The summed E-state index contributed by atoms with van der Waals surface area (Å²) in [6, 6.07) is 12.5. The topological polar surface area (TPSA) is 59.4 Å². The molecule has 1 aliphatic heterocycles. The zero-order valence-electron chi connectivity index (χ0n) is 17.3. The van der Waals surface area contributed by atoms with Crippen LogP contribution in [0.25, 0.3) is 11.3 Å². The lowest BCUT2D eigenvalue weighted by Crippen LogP contribution is -2.25. The van der Waals surface area contributed by atoms with Crippen LogP contribution in [0.15, 0.2) is 53.1 Å². The second kappa shape index (κ2) is 9.85. The highest BCUT2D eigenvalue weighted by Crippen LogP contribution is 2.37. The van der Waals surface area contributed by atoms with Crippen LogP contribution in [0, 0.1) is 0 Å². The normalized spacial score (nSPS) is 14.0. The molecule has 0 unspecified atom stereocenters. The molecule has 1 amide bonds. The second-order valence-electron chi connectivity index (χ2n) is 7.54. The van der Waals surface area contributed by atoms with E-state index < -0.39 is 0 Å². The fraction of sp³-hybridized carbons (Fsp3) is 0.304. The Hall–Kier alpha value is -2.35. The molecule has 0 radical (unpaired) electrons. The van der Waals surface area contributed by atoms with E-state index >= 15 is 0 Å². The lowest BCUT2D eigenvalue weighted by molar-refractivity contribution is 0.102. The molecule has 4 rings (SSSR count). The number of hydrogen-bond donors (Lipinski definition) is 1. The van der Waals surface area contributed by atoms with Gasteiger partial charge in [-0.1, -0.05) is 17.7 Å². The van der Waals surface area contributed by atoms with E-state index in [0.717, 1.165) is 41.1 Å². The van der Waals surface area contributed by atoms with Crippen LogP contribution in [-0.2, 0) is 7.05 Å². The molecule has 3 aromatic rings. The molecule has 2 aromatic carbocycles. The lowest BCUT2D eigenvalue weighted by Gasteiger charge is -2.18. The highest BCUT2D eigenvalue weighted by atomic mass is 79.9. The standard InChI is InChI=1S/C23H24BrClN4O2/c1-28-22(20(24)15-26-28)19-14-18(27-23(30)16-5-4-6-17(25)13-16)7-8-21(19)31-12-11-29-9-2-3-10-29/h4-8,13-15H,2-3,9-12H2,1H3,(H,27,30). The number of carbonyl (C=O) groups excluding carboxylic acids is 1. The first-order chi connectivity index (χ1) is 15.0. The first kappa shape index (κ1) is 21.9. The van der Waals surface area contributed by atoms with Gasteiger partial charge in [-0.2, -0.15) is 5.10 Å². The van der Waals surface area contributed by atoms with Gasteiger partial charge in [-0.25, -0.2) is 0 Å². The Morgan fingerprint density at radius 3 is 2.74 bits per heavy atom. The van der Waals surface area contributed by atoms with Crippen molar-refractivity contribution in [3.8, 4) is 17.0 Å². The van der Waals surface area contributed by atoms with Gasteiger partial charge in [-0.3, -0.25) is 14.4 Å². The average molecular weight is 504 g/mol. The van der Waals surface area contributed by atoms with Crippen molar-refractivity contribution >= 4 is 39.1 Å². The second-order valence-corrected chi connectivity index (χ2v) is 8.83. The van der Waals surface area contributed by atoms with Crippen LogP contribution in [0.3, 0.4) is 0 Å². The highest BCUT2D eigenvalue weighted by Gasteiger charge is 2.17. The summed E-state index contributed by atoms with van der Waals surface area (Å²) in [7, 11) is 1.88. The molecule has 0 atom stereocenters. The van der Waals surface area contributed by atoms with Crippen molar-refractivity contribution in [3.05, 3.63) is 63.7 Å². The van der Waals surface area contributed by atoms with Gasteiger partial charge in [-0.05, 0) is 78.3 Å². The largest absolute Gasteiger partial charge is 0.492 e. The van der Waals surface area contributed by atoms with Crippen LogP contribution >= 0.6 is 27.5 Å². The van der Waals surface area contributed by atoms with Crippen LogP contribution in [0.5, 0.6) is 5.75 Å². The molecule has 0 spiro atoms. The third-order valence-corrected chi connectivity index (χ3v) is 6.15. The summed E-state index contributed by atoms with van der Waals surface area (Å²) in [5.74, 6) is 0.532. The zero-order chi connectivity index (χ0) is 21.8. The number of nitrogens with zero attached hydrogens (tertiary/aromatic N) is 3. The fourth-order valence-electron chi connectivity index (χ4n) is 3.76. The maximum atomic E-state index is 12.7. The molecule has 1 aromatic heterocycles. The van der Waals surface area contributed by atoms with Gasteiger partial charge < -0.3 is 10.1 Å².